The maximum Gasteiger partial charge on any atom is 0.269 e. The number of Topliss-reactive ketones (excluding diaryl/α,β-unsaturated/α-hetero) is 1. The number of nitro groups is 1. The molecule has 162 valence electrons. The van der Waals surface area contributed by atoms with E-state index in [1.165, 1.54) is 36.7 Å². The Morgan fingerprint density at radius 1 is 0.879 bits per heavy atom. The van der Waals surface area contributed by atoms with Crippen molar-refractivity contribution >= 4 is 22.8 Å². The molecule has 2 heterocycles. The number of carbonyl (C=O) groups is 1. The van der Waals surface area contributed by atoms with Crippen LogP contribution < -0.4 is 14.6 Å². The zero-order valence-electron chi connectivity index (χ0n) is 17.4. The summed E-state index contributed by atoms with van der Waals surface area (Å²) in [6.45, 7) is 0. The van der Waals surface area contributed by atoms with Gasteiger partial charge in [0.25, 0.3) is 5.69 Å². The smallest absolute Gasteiger partial charge is 0.269 e. The number of carbonyl (C=O) groups excluding carboxylic acids is 1. The maximum atomic E-state index is 12.4. The summed E-state index contributed by atoms with van der Waals surface area (Å²) in [5, 5.41) is 24.0. The van der Waals surface area contributed by atoms with Crippen LogP contribution in [0.2, 0.25) is 0 Å². The number of nitrogens with zero attached hydrogens (tertiary/aromatic N) is 3. The van der Waals surface area contributed by atoms with Crippen molar-refractivity contribution in [1.82, 2.24) is 4.90 Å². The van der Waals surface area contributed by atoms with Crippen LogP contribution in [-0.2, 0) is 0 Å². The second-order valence-electron chi connectivity index (χ2n) is 7.22. The lowest BCUT2D eigenvalue weighted by molar-refractivity contribution is -0.505. The number of non-ortho nitro benzene ring substituents is 1. The van der Waals surface area contributed by atoms with E-state index in [-0.39, 0.29) is 17.2 Å². The Morgan fingerprint density at radius 2 is 1.52 bits per heavy atom. The molecule has 0 amide bonds. The summed E-state index contributed by atoms with van der Waals surface area (Å²) in [6, 6.07) is 18.3. The van der Waals surface area contributed by atoms with Crippen LogP contribution in [0.25, 0.3) is 11.3 Å². The Labute approximate surface area is 189 Å². The summed E-state index contributed by atoms with van der Waals surface area (Å²) in [6.07, 6.45) is 13.9. The third-order valence-electron chi connectivity index (χ3n) is 4.99. The molecule has 4 rings (SSSR count). The van der Waals surface area contributed by atoms with Crippen molar-refractivity contribution in [3.8, 4) is 0 Å². The van der Waals surface area contributed by atoms with Gasteiger partial charge in [-0.15, -0.1) is 0 Å². The van der Waals surface area contributed by atoms with E-state index in [1.54, 1.807) is 33.7 Å². The van der Waals surface area contributed by atoms with Crippen molar-refractivity contribution < 1.29 is 19.1 Å². The molecule has 0 atom stereocenters. The first-order valence-corrected chi connectivity index (χ1v) is 10.1. The zero-order valence-corrected chi connectivity index (χ0v) is 17.4. The van der Waals surface area contributed by atoms with Crippen LogP contribution in [0.15, 0.2) is 110 Å². The number of allylic oxidation sites excluding steroid dienone is 2. The highest BCUT2D eigenvalue weighted by molar-refractivity contribution is 6.00. The van der Waals surface area contributed by atoms with Gasteiger partial charge in [0.05, 0.1) is 4.92 Å². The van der Waals surface area contributed by atoms with E-state index in [1.807, 2.05) is 54.9 Å². The van der Waals surface area contributed by atoms with E-state index in [0.29, 0.717) is 11.1 Å². The standard InChI is InChI=1S/C26H19N3O4/c30-25(22-4-2-1-3-5-22)18-27-14-10-20(11-15-27)21-12-16-28(17-13-21)19-26(31)23-6-8-24(9-7-23)29(32)33/h1-19H/b25-18-. The van der Waals surface area contributed by atoms with Crippen LogP contribution in [0.5, 0.6) is 0 Å². The summed E-state index contributed by atoms with van der Waals surface area (Å²) >= 11 is 0. The molecule has 0 radical (unpaired) electrons. The van der Waals surface area contributed by atoms with Gasteiger partial charge >= 0.3 is 0 Å². The van der Waals surface area contributed by atoms with Crippen LogP contribution in [0.1, 0.15) is 15.9 Å². The van der Waals surface area contributed by atoms with Gasteiger partial charge in [0, 0.05) is 48.4 Å². The van der Waals surface area contributed by atoms with Crippen molar-refractivity contribution in [3.63, 3.8) is 0 Å². The molecule has 3 aromatic rings. The largest absolute Gasteiger partial charge is 0.871 e. The van der Waals surface area contributed by atoms with Crippen molar-refractivity contribution in [3.05, 3.63) is 143 Å². The Bertz CT molecular complexity index is 1370. The highest BCUT2D eigenvalue weighted by Crippen LogP contribution is 2.14. The van der Waals surface area contributed by atoms with Crippen LogP contribution in [0.3, 0.4) is 0 Å². The molecule has 0 fully saturated rings. The molecule has 0 N–H and O–H groups in total. The normalized spacial score (nSPS) is 13.2. The quantitative estimate of drug-likeness (QED) is 0.201. The molecule has 1 aromatic heterocycles. The van der Waals surface area contributed by atoms with E-state index in [2.05, 4.69) is 0 Å². The molecular formula is C26H19N3O4. The minimum atomic E-state index is -0.504. The van der Waals surface area contributed by atoms with Gasteiger partial charge in [0.2, 0.25) is 12.0 Å². The predicted octanol–water partition coefficient (Wildman–Crippen LogP) is 2.63. The van der Waals surface area contributed by atoms with Gasteiger partial charge in [-0.3, -0.25) is 14.9 Å². The van der Waals surface area contributed by atoms with Crippen molar-refractivity contribution in [2.24, 2.45) is 0 Å². The van der Waals surface area contributed by atoms with E-state index >= 15 is 0 Å². The fourth-order valence-electron chi connectivity index (χ4n) is 3.20. The Balaban J connectivity index is 1.49. The number of nitro benzene ring substituents is 1. The summed E-state index contributed by atoms with van der Waals surface area (Å²) in [4.78, 5) is 24.3. The number of aromatic nitrogens is 1. The number of hydrogen-bond acceptors (Lipinski definition) is 5. The van der Waals surface area contributed by atoms with Crippen LogP contribution in [0, 0.1) is 16.3 Å². The zero-order chi connectivity index (χ0) is 23.2. The molecule has 7 nitrogen and oxygen atoms in total. The molecule has 0 saturated carbocycles. The number of ketones is 1. The lowest BCUT2D eigenvalue weighted by atomic mass is 10.1. The lowest BCUT2D eigenvalue weighted by Gasteiger charge is -2.19. The second-order valence-corrected chi connectivity index (χ2v) is 7.22. The minimum Gasteiger partial charge on any atom is -0.871 e. The number of benzene rings is 2. The average Bonchev–Trinajstić information content (AvgIpc) is 2.85. The fraction of sp³-hybridized carbons (Fsp3) is 0. The molecule has 1 aliphatic rings. The van der Waals surface area contributed by atoms with Crippen molar-refractivity contribution in [1.29, 1.82) is 0 Å². The minimum absolute atomic E-state index is 0.0604. The van der Waals surface area contributed by atoms with Gasteiger partial charge in [-0.2, -0.15) is 4.24 Å². The summed E-state index contributed by atoms with van der Waals surface area (Å²) in [7, 11) is 0. The number of pyridine rings is 1. The fourth-order valence-corrected chi connectivity index (χ4v) is 3.20. The van der Waals surface area contributed by atoms with Crippen LogP contribution in [-0.4, -0.2) is 15.6 Å². The first-order chi connectivity index (χ1) is 16.0. The summed E-state index contributed by atoms with van der Waals surface area (Å²) in [5.41, 5.74) is 1.89. The Hall–Kier alpha value is -4.78. The predicted molar refractivity (Wildman–Crippen MR) is 121 cm³/mol. The van der Waals surface area contributed by atoms with Crippen molar-refractivity contribution in [2.75, 3.05) is 0 Å². The van der Waals surface area contributed by atoms with Gasteiger partial charge in [-0.25, -0.2) is 0 Å². The molecule has 2 aromatic carbocycles. The number of rotatable bonds is 5. The molecule has 0 bridgehead atoms. The van der Waals surface area contributed by atoms with Gasteiger partial charge in [-0.1, -0.05) is 36.1 Å². The van der Waals surface area contributed by atoms with Gasteiger partial charge in [-0.05, 0) is 40.6 Å². The summed E-state index contributed by atoms with van der Waals surface area (Å²) < 4.78 is 1.63. The van der Waals surface area contributed by atoms with Crippen LogP contribution in [0.4, 0.5) is 5.69 Å². The van der Waals surface area contributed by atoms with Crippen molar-refractivity contribution in [2.45, 2.75) is 0 Å². The van der Waals surface area contributed by atoms with E-state index in [9.17, 15) is 20.0 Å². The summed E-state index contributed by atoms with van der Waals surface area (Å²) in [5.74, 6) is -0.343. The van der Waals surface area contributed by atoms with Gasteiger partial charge < -0.3 is 10.0 Å². The lowest BCUT2D eigenvalue weighted by Crippen LogP contribution is -2.22. The molecule has 0 aliphatic carbocycles. The van der Waals surface area contributed by atoms with E-state index in [0.717, 1.165) is 10.8 Å². The Morgan fingerprint density at radius 3 is 2.12 bits per heavy atom. The molecule has 7 heteroatoms. The third-order valence-corrected chi connectivity index (χ3v) is 4.99. The van der Waals surface area contributed by atoms with Crippen LogP contribution >= 0.6 is 0 Å². The highest BCUT2D eigenvalue weighted by atomic mass is 16.6. The molecule has 0 spiro atoms. The average molecular weight is 437 g/mol. The van der Waals surface area contributed by atoms with E-state index < -0.39 is 4.92 Å². The molecule has 1 aliphatic heterocycles. The maximum absolute atomic E-state index is 12.4. The van der Waals surface area contributed by atoms with Gasteiger partial charge in [0.1, 0.15) is 0 Å². The molecule has 0 saturated heterocycles. The van der Waals surface area contributed by atoms with Gasteiger partial charge in [0.15, 0.2) is 12.4 Å². The highest BCUT2D eigenvalue weighted by Gasteiger charge is 2.10. The third kappa shape index (κ3) is 5.29. The number of hydrogen-bond donors (Lipinski definition) is 0. The molecular weight excluding hydrogens is 418 g/mol. The molecule has 33 heavy (non-hydrogen) atoms. The SMILES string of the molecule is O=C(C=[n+]1ccc(=C2C=CN(/C=C(\[O-])c3ccccc3)C=C2)cc1)c1ccc([N+](=O)[O-])cc1. The first-order valence-electron chi connectivity index (χ1n) is 10.1. The first kappa shape index (κ1) is 21.5. The second kappa shape index (κ2) is 9.57. The topological polar surface area (TPSA) is 92.4 Å². The van der Waals surface area contributed by atoms with E-state index in [4.69, 9.17) is 0 Å². The molecule has 0 unspecified atom stereocenters. The Kier molecular flexibility index (Phi) is 6.22. The monoisotopic (exact) mass is 437 g/mol.